The van der Waals surface area contributed by atoms with Crippen molar-refractivity contribution in [2.75, 3.05) is 13.1 Å². The predicted molar refractivity (Wildman–Crippen MR) is 75.0 cm³/mol. The molecule has 1 saturated heterocycles. The summed E-state index contributed by atoms with van der Waals surface area (Å²) in [6.45, 7) is 3.76. The van der Waals surface area contributed by atoms with E-state index < -0.39 is 6.10 Å². The standard InChI is InChI=1S/C15H20N2O3/c1-10-14(15(18)17-11-6-8-16-9-7-11)20-13-5-3-2-4-12(13)19-10/h2-5,10-11,14,16H,6-9H2,1H3,(H,17,18). The van der Waals surface area contributed by atoms with Crippen LogP contribution < -0.4 is 20.1 Å². The van der Waals surface area contributed by atoms with Crippen LogP contribution in [-0.2, 0) is 4.79 Å². The number of amides is 1. The Kier molecular flexibility index (Phi) is 3.78. The molecule has 2 N–H and O–H groups in total. The summed E-state index contributed by atoms with van der Waals surface area (Å²) in [5.74, 6) is 1.25. The fraction of sp³-hybridized carbons (Fsp3) is 0.533. The first-order valence-electron chi connectivity index (χ1n) is 7.17. The van der Waals surface area contributed by atoms with Crippen molar-refractivity contribution in [3.05, 3.63) is 24.3 Å². The summed E-state index contributed by atoms with van der Waals surface area (Å²) in [5.41, 5.74) is 0. The summed E-state index contributed by atoms with van der Waals surface area (Å²) in [6.07, 6.45) is 1.06. The molecule has 0 spiro atoms. The molecule has 0 aliphatic carbocycles. The van der Waals surface area contributed by atoms with Crippen LogP contribution in [0.3, 0.4) is 0 Å². The maximum atomic E-state index is 12.4. The van der Waals surface area contributed by atoms with Crippen molar-refractivity contribution in [1.82, 2.24) is 10.6 Å². The van der Waals surface area contributed by atoms with Gasteiger partial charge in [0, 0.05) is 6.04 Å². The Morgan fingerprint density at radius 3 is 2.55 bits per heavy atom. The van der Waals surface area contributed by atoms with Gasteiger partial charge >= 0.3 is 0 Å². The molecule has 5 heteroatoms. The highest BCUT2D eigenvalue weighted by molar-refractivity contribution is 5.82. The SMILES string of the molecule is CC1Oc2ccccc2OC1C(=O)NC1CCNCC1. The number of carbonyl (C=O) groups excluding carboxylic acids is 1. The second kappa shape index (κ2) is 5.71. The zero-order valence-corrected chi connectivity index (χ0v) is 11.6. The third-order valence-corrected chi connectivity index (χ3v) is 3.79. The van der Waals surface area contributed by atoms with E-state index in [4.69, 9.17) is 9.47 Å². The van der Waals surface area contributed by atoms with Crippen molar-refractivity contribution in [3.8, 4) is 11.5 Å². The minimum Gasteiger partial charge on any atom is -0.482 e. The van der Waals surface area contributed by atoms with Crippen LogP contribution in [0, 0.1) is 0 Å². The largest absolute Gasteiger partial charge is 0.482 e. The van der Waals surface area contributed by atoms with Gasteiger partial charge in [-0.15, -0.1) is 0 Å². The van der Waals surface area contributed by atoms with Crippen LogP contribution >= 0.6 is 0 Å². The number of fused-ring (bicyclic) bond motifs is 1. The Labute approximate surface area is 118 Å². The molecule has 108 valence electrons. The molecular weight excluding hydrogens is 256 g/mol. The number of para-hydroxylation sites is 2. The van der Waals surface area contributed by atoms with Crippen molar-refractivity contribution >= 4 is 5.91 Å². The molecule has 2 atom stereocenters. The number of hydrogen-bond acceptors (Lipinski definition) is 4. The third-order valence-electron chi connectivity index (χ3n) is 3.79. The van der Waals surface area contributed by atoms with Gasteiger partial charge in [0.15, 0.2) is 11.5 Å². The number of hydrogen-bond donors (Lipinski definition) is 2. The molecule has 1 aromatic carbocycles. The van der Waals surface area contributed by atoms with Crippen LogP contribution in [0.4, 0.5) is 0 Å². The van der Waals surface area contributed by atoms with E-state index >= 15 is 0 Å². The van der Waals surface area contributed by atoms with Crippen LogP contribution in [0.2, 0.25) is 0 Å². The molecule has 0 bridgehead atoms. The van der Waals surface area contributed by atoms with Gasteiger partial charge in [0.25, 0.3) is 5.91 Å². The second-order valence-corrected chi connectivity index (χ2v) is 5.34. The molecule has 0 radical (unpaired) electrons. The zero-order valence-electron chi connectivity index (χ0n) is 11.6. The van der Waals surface area contributed by atoms with E-state index in [1.807, 2.05) is 31.2 Å². The lowest BCUT2D eigenvalue weighted by atomic mass is 10.1. The van der Waals surface area contributed by atoms with Gasteiger partial charge in [-0.3, -0.25) is 4.79 Å². The molecule has 1 fully saturated rings. The van der Waals surface area contributed by atoms with Gasteiger partial charge < -0.3 is 20.1 Å². The molecule has 0 saturated carbocycles. The molecule has 1 aromatic rings. The maximum absolute atomic E-state index is 12.4. The van der Waals surface area contributed by atoms with Crippen LogP contribution in [0.1, 0.15) is 19.8 Å². The van der Waals surface area contributed by atoms with E-state index in [2.05, 4.69) is 10.6 Å². The van der Waals surface area contributed by atoms with Gasteiger partial charge in [0.05, 0.1) is 0 Å². The smallest absolute Gasteiger partial charge is 0.265 e. The fourth-order valence-electron chi connectivity index (χ4n) is 2.66. The minimum atomic E-state index is -0.584. The van der Waals surface area contributed by atoms with Gasteiger partial charge in [0.2, 0.25) is 6.10 Å². The number of benzene rings is 1. The van der Waals surface area contributed by atoms with E-state index in [9.17, 15) is 4.79 Å². The molecule has 2 aliphatic rings. The zero-order chi connectivity index (χ0) is 13.9. The average molecular weight is 276 g/mol. The number of rotatable bonds is 2. The molecule has 0 aromatic heterocycles. The molecule has 20 heavy (non-hydrogen) atoms. The summed E-state index contributed by atoms with van der Waals surface area (Å²) < 4.78 is 11.6. The molecule has 2 heterocycles. The summed E-state index contributed by atoms with van der Waals surface area (Å²) in [7, 11) is 0. The highest BCUT2D eigenvalue weighted by atomic mass is 16.6. The first kappa shape index (κ1) is 13.2. The monoisotopic (exact) mass is 276 g/mol. The van der Waals surface area contributed by atoms with Crippen LogP contribution in [0.15, 0.2) is 24.3 Å². The Balaban J connectivity index is 1.66. The van der Waals surface area contributed by atoms with Crippen molar-refractivity contribution in [1.29, 1.82) is 0 Å². The predicted octanol–water partition coefficient (Wildman–Crippen LogP) is 1.08. The first-order chi connectivity index (χ1) is 9.74. The van der Waals surface area contributed by atoms with E-state index in [-0.39, 0.29) is 18.1 Å². The Bertz CT molecular complexity index is 486. The Morgan fingerprint density at radius 2 is 1.85 bits per heavy atom. The summed E-state index contributed by atoms with van der Waals surface area (Å²) >= 11 is 0. The third kappa shape index (κ3) is 2.72. The minimum absolute atomic E-state index is 0.0843. The van der Waals surface area contributed by atoms with Crippen LogP contribution in [0.25, 0.3) is 0 Å². The average Bonchev–Trinajstić information content (AvgIpc) is 2.47. The number of ether oxygens (including phenoxy) is 2. The lowest BCUT2D eigenvalue weighted by molar-refractivity contribution is -0.134. The molecule has 3 rings (SSSR count). The van der Waals surface area contributed by atoms with Gasteiger partial charge in [0.1, 0.15) is 6.10 Å². The van der Waals surface area contributed by atoms with E-state index in [1.165, 1.54) is 0 Å². The number of carbonyl (C=O) groups is 1. The van der Waals surface area contributed by atoms with Crippen molar-refractivity contribution in [2.45, 2.75) is 38.0 Å². The topological polar surface area (TPSA) is 59.6 Å². The van der Waals surface area contributed by atoms with E-state index in [0.717, 1.165) is 25.9 Å². The lowest BCUT2D eigenvalue weighted by Crippen LogP contribution is -2.53. The molecule has 1 amide bonds. The Hall–Kier alpha value is -1.75. The second-order valence-electron chi connectivity index (χ2n) is 5.34. The molecular formula is C15H20N2O3. The van der Waals surface area contributed by atoms with E-state index in [1.54, 1.807) is 0 Å². The molecule has 5 nitrogen and oxygen atoms in total. The first-order valence-corrected chi connectivity index (χ1v) is 7.17. The highest BCUT2D eigenvalue weighted by Crippen LogP contribution is 2.33. The van der Waals surface area contributed by atoms with Crippen molar-refractivity contribution in [3.63, 3.8) is 0 Å². The van der Waals surface area contributed by atoms with Crippen molar-refractivity contribution < 1.29 is 14.3 Å². The Morgan fingerprint density at radius 1 is 1.20 bits per heavy atom. The maximum Gasteiger partial charge on any atom is 0.265 e. The van der Waals surface area contributed by atoms with Gasteiger partial charge in [-0.25, -0.2) is 0 Å². The van der Waals surface area contributed by atoms with E-state index in [0.29, 0.717) is 11.5 Å². The quantitative estimate of drug-likeness (QED) is 0.848. The summed E-state index contributed by atoms with van der Waals surface area (Å²) in [6, 6.07) is 7.68. The van der Waals surface area contributed by atoms with Gasteiger partial charge in [-0.2, -0.15) is 0 Å². The number of piperidine rings is 1. The number of nitrogens with one attached hydrogen (secondary N) is 2. The molecule has 2 aliphatic heterocycles. The highest BCUT2D eigenvalue weighted by Gasteiger charge is 2.34. The molecule has 2 unspecified atom stereocenters. The normalized spacial score (nSPS) is 26.1. The summed E-state index contributed by atoms with van der Waals surface area (Å²) in [4.78, 5) is 12.4. The van der Waals surface area contributed by atoms with Crippen molar-refractivity contribution in [2.24, 2.45) is 0 Å². The van der Waals surface area contributed by atoms with Gasteiger partial charge in [-0.1, -0.05) is 12.1 Å². The van der Waals surface area contributed by atoms with Crippen LogP contribution in [0.5, 0.6) is 11.5 Å². The van der Waals surface area contributed by atoms with Gasteiger partial charge in [-0.05, 0) is 45.0 Å². The fourth-order valence-corrected chi connectivity index (χ4v) is 2.66. The van der Waals surface area contributed by atoms with Crippen LogP contribution in [-0.4, -0.2) is 37.2 Å². The summed E-state index contributed by atoms with van der Waals surface area (Å²) in [5, 5.41) is 6.35. The lowest BCUT2D eigenvalue weighted by Gasteiger charge is -2.32.